The van der Waals surface area contributed by atoms with E-state index >= 15 is 0 Å². The largest absolute Gasteiger partial charge is 0.309 e. The summed E-state index contributed by atoms with van der Waals surface area (Å²) in [4.78, 5) is 22.5. The number of hydrogen-bond donors (Lipinski definition) is 3. The standard InChI is InChI=1S/C10H12N4O2/c1-6(7-4-11-5-7)10(16)12-8-2-3-9(15)14-13-8/h2-3,11H,4-5H2,1H3,(H,14,15)(H,12,13,16). The van der Waals surface area contributed by atoms with Crippen LogP contribution in [0.3, 0.4) is 0 Å². The molecule has 0 radical (unpaired) electrons. The first kappa shape index (κ1) is 10.6. The molecule has 3 N–H and O–H groups in total. The summed E-state index contributed by atoms with van der Waals surface area (Å²) in [6.45, 7) is 3.30. The Morgan fingerprint density at radius 2 is 2.19 bits per heavy atom. The minimum atomic E-state index is -0.295. The Morgan fingerprint density at radius 1 is 1.44 bits per heavy atom. The van der Waals surface area contributed by atoms with Gasteiger partial charge in [-0.15, -0.1) is 0 Å². The van der Waals surface area contributed by atoms with E-state index in [1.54, 1.807) is 6.92 Å². The molecular weight excluding hydrogens is 208 g/mol. The number of aromatic nitrogens is 2. The van der Waals surface area contributed by atoms with E-state index in [2.05, 4.69) is 20.8 Å². The van der Waals surface area contributed by atoms with Crippen molar-refractivity contribution in [3.8, 4) is 0 Å². The van der Waals surface area contributed by atoms with E-state index in [0.29, 0.717) is 11.4 Å². The van der Waals surface area contributed by atoms with E-state index < -0.39 is 0 Å². The molecule has 0 aromatic carbocycles. The number of hydrogen-bond acceptors (Lipinski definition) is 4. The number of H-pyrrole nitrogens is 1. The van der Waals surface area contributed by atoms with Crippen molar-refractivity contribution in [1.82, 2.24) is 15.5 Å². The highest BCUT2D eigenvalue weighted by Crippen LogP contribution is 2.10. The van der Waals surface area contributed by atoms with Gasteiger partial charge in [0.25, 0.3) is 11.5 Å². The van der Waals surface area contributed by atoms with Gasteiger partial charge in [0.05, 0.1) is 0 Å². The second kappa shape index (κ2) is 4.28. The molecule has 0 atom stereocenters. The van der Waals surface area contributed by atoms with Crippen molar-refractivity contribution in [3.05, 3.63) is 33.6 Å². The molecule has 2 heterocycles. The van der Waals surface area contributed by atoms with Gasteiger partial charge in [-0.2, -0.15) is 5.10 Å². The van der Waals surface area contributed by atoms with Gasteiger partial charge in [0, 0.05) is 24.7 Å². The van der Waals surface area contributed by atoms with Crippen LogP contribution < -0.4 is 16.2 Å². The van der Waals surface area contributed by atoms with Gasteiger partial charge in [0.2, 0.25) is 0 Å². The Balaban J connectivity index is 2.07. The Bertz CT molecular complexity index is 477. The molecule has 0 aliphatic carbocycles. The Kier molecular flexibility index (Phi) is 2.82. The van der Waals surface area contributed by atoms with E-state index in [1.807, 2.05) is 0 Å². The zero-order valence-electron chi connectivity index (χ0n) is 8.83. The maximum atomic E-state index is 11.7. The van der Waals surface area contributed by atoms with Crippen molar-refractivity contribution in [3.63, 3.8) is 0 Å². The molecule has 1 aromatic rings. The first-order valence-corrected chi connectivity index (χ1v) is 4.93. The third-order valence-electron chi connectivity index (χ3n) is 2.47. The number of nitrogens with zero attached hydrogens (tertiary/aromatic N) is 1. The van der Waals surface area contributed by atoms with Crippen molar-refractivity contribution >= 4 is 11.7 Å². The van der Waals surface area contributed by atoms with Crippen LogP contribution in [-0.2, 0) is 4.79 Å². The van der Waals surface area contributed by atoms with Gasteiger partial charge in [0.15, 0.2) is 5.82 Å². The van der Waals surface area contributed by atoms with Crippen molar-refractivity contribution in [2.24, 2.45) is 0 Å². The summed E-state index contributed by atoms with van der Waals surface area (Å²) < 4.78 is 0. The molecule has 0 bridgehead atoms. The smallest absolute Gasteiger partial charge is 0.264 e. The van der Waals surface area contributed by atoms with Crippen molar-refractivity contribution < 1.29 is 4.79 Å². The number of nitrogens with one attached hydrogen (secondary N) is 3. The topological polar surface area (TPSA) is 86.9 Å². The van der Waals surface area contributed by atoms with Crippen LogP contribution in [0, 0.1) is 0 Å². The third kappa shape index (κ3) is 2.17. The van der Waals surface area contributed by atoms with Gasteiger partial charge in [-0.25, -0.2) is 5.10 Å². The van der Waals surface area contributed by atoms with Crippen molar-refractivity contribution in [1.29, 1.82) is 0 Å². The minimum Gasteiger partial charge on any atom is -0.309 e. The van der Waals surface area contributed by atoms with Crippen LogP contribution in [0.5, 0.6) is 0 Å². The molecule has 0 spiro atoms. The maximum Gasteiger partial charge on any atom is 0.264 e. The van der Waals surface area contributed by atoms with E-state index in [9.17, 15) is 9.59 Å². The summed E-state index contributed by atoms with van der Waals surface area (Å²) in [6, 6.07) is 2.78. The quantitative estimate of drug-likeness (QED) is 0.593. The monoisotopic (exact) mass is 220 g/mol. The first-order chi connectivity index (χ1) is 7.66. The van der Waals surface area contributed by atoms with E-state index in [1.165, 1.54) is 12.1 Å². The Hall–Kier alpha value is -1.95. The normalized spacial score (nSPS) is 14.2. The molecule has 1 saturated heterocycles. The second-order valence-electron chi connectivity index (χ2n) is 3.59. The fraction of sp³-hybridized carbons (Fsp3) is 0.300. The number of carbonyl (C=O) groups excluding carboxylic acids is 1. The molecule has 6 nitrogen and oxygen atoms in total. The molecular formula is C10H12N4O2. The lowest BCUT2D eigenvalue weighted by molar-refractivity contribution is -0.112. The number of rotatable bonds is 2. The summed E-state index contributed by atoms with van der Waals surface area (Å²) in [6.07, 6.45) is 0. The summed E-state index contributed by atoms with van der Waals surface area (Å²) in [5, 5.41) is 11.6. The molecule has 1 aliphatic rings. The lowest BCUT2D eigenvalue weighted by Crippen LogP contribution is -2.36. The average molecular weight is 220 g/mol. The maximum absolute atomic E-state index is 11.7. The van der Waals surface area contributed by atoms with Gasteiger partial charge in [-0.3, -0.25) is 9.59 Å². The highest BCUT2D eigenvalue weighted by atomic mass is 16.2. The van der Waals surface area contributed by atoms with Crippen LogP contribution in [0.25, 0.3) is 0 Å². The number of carbonyl (C=O) groups is 1. The van der Waals surface area contributed by atoms with Gasteiger partial charge in [-0.05, 0) is 18.6 Å². The van der Waals surface area contributed by atoms with Crippen LogP contribution in [0.1, 0.15) is 6.92 Å². The number of anilines is 1. The second-order valence-corrected chi connectivity index (χ2v) is 3.59. The zero-order valence-corrected chi connectivity index (χ0v) is 8.83. The average Bonchev–Trinajstić information content (AvgIpc) is 2.19. The summed E-state index contributed by atoms with van der Waals surface area (Å²) in [5.41, 5.74) is 1.50. The van der Waals surface area contributed by atoms with Gasteiger partial charge < -0.3 is 10.6 Å². The van der Waals surface area contributed by atoms with Crippen LogP contribution in [0.4, 0.5) is 5.82 Å². The Morgan fingerprint density at radius 3 is 2.69 bits per heavy atom. The van der Waals surface area contributed by atoms with E-state index in [-0.39, 0.29) is 11.5 Å². The van der Waals surface area contributed by atoms with Crippen LogP contribution in [-0.4, -0.2) is 29.2 Å². The molecule has 1 fully saturated rings. The molecule has 2 rings (SSSR count). The van der Waals surface area contributed by atoms with Gasteiger partial charge in [0.1, 0.15) is 0 Å². The number of amides is 1. The van der Waals surface area contributed by atoms with Crippen molar-refractivity contribution in [2.75, 3.05) is 18.4 Å². The summed E-state index contributed by atoms with van der Waals surface area (Å²) >= 11 is 0. The highest BCUT2D eigenvalue weighted by Gasteiger charge is 2.16. The van der Waals surface area contributed by atoms with Gasteiger partial charge >= 0.3 is 0 Å². The molecule has 0 saturated carbocycles. The SMILES string of the molecule is CC(C(=O)Nc1ccc(=O)[nH]n1)=C1CNC1. The first-order valence-electron chi connectivity index (χ1n) is 4.93. The van der Waals surface area contributed by atoms with E-state index in [4.69, 9.17) is 0 Å². The molecule has 16 heavy (non-hydrogen) atoms. The highest BCUT2D eigenvalue weighted by molar-refractivity contribution is 6.03. The predicted molar refractivity (Wildman–Crippen MR) is 59.1 cm³/mol. The lowest BCUT2D eigenvalue weighted by atomic mass is 10.0. The van der Waals surface area contributed by atoms with Crippen molar-refractivity contribution in [2.45, 2.75) is 6.92 Å². The third-order valence-corrected chi connectivity index (χ3v) is 2.47. The molecule has 84 valence electrons. The summed E-state index contributed by atoms with van der Waals surface area (Å²) in [5.74, 6) is 0.160. The molecule has 1 aromatic heterocycles. The summed E-state index contributed by atoms with van der Waals surface area (Å²) in [7, 11) is 0. The fourth-order valence-electron chi connectivity index (χ4n) is 1.30. The van der Waals surface area contributed by atoms with E-state index in [0.717, 1.165) is 18.7 Å². The lowest BCUT2D eigenvalue weighted by Gasteiger charge is -2.21. The van der Waals surface area contributed by atoms with Crippen LogP contribution in [0.2, 0.25) is 0 Å². The van der Waals surface area contributed by atoms with Crippen LogP contribution in [0.15, 0.2) is 28.1 Å². The Labute approximate surface area is 91.8 Å². The predicted octanol–water partition coefficient (Wildman–Crippen LogP) is -0.372. The molecule has 0 unspecified atom stereocenters. The molecule has 6 heteroatoms. The fourth-order valence-corrected chi connectivity index (χ4v) is 1.30. The zero-order chi connectivity index (χ0) is 11.5. The minimum absolute atomic E-state index is 0.184. The van der Waals surface area contributed by atoms with Gasteiger partial charge in [-0.1, -0.05) is 0 Å². The number of aromatic amines is 1. The molecule has 1 aliphatic heterocycles. The van der Waals surface area contributed by atoms with Crippen LogP contribution >= 0.6 is 0 Å². The molecule has 1 amide bonds.